The lowest BCUT2D eigenvalue weighted by Crippen LogP contribution is -2.47. The average Bonchev–Trinajstić information content (AvgIpc) is 2.80. The molecule has 0 radical (unpaired) electrons. The topological polar surface area (TPSA) is 84.5 Å². The fourth-order valence-corrected chi connectivity index (χ4v) is 3.51. The van der Waals surface area contributed by atoms with E-state index in [4.69, 9.17) is 16.3 Å². The third-order valence-electron chi connectivity index (χ3n) is 5.17. The molecule has 0 saturated carbocycles. The highest BCUT2D eigenvalue weighted by Gasteiger charge is 2.23. The Kier molecular flexibility index (Phi) is 8.87. The van der Waals surface area contributed by atoms with Gasteiger partial charge in [-0.05, 0) is 42.5 Å². The van der Waals surface area contributed by atoms with Crippen LogP contribution >= 0.6 is 11.6 Å². The van der Waals surface area contributed by atoms with Crippen LogP contribution < -0.4 is 10.6 Å². The first-order valence-corrected chi connectivity index (χ1v) is 11.1. The number of rotatable bonds is 5. The number of cyclic esters (lactones) is 1. The molecule has 0 saturated heterocycles. The summed E-state index contributed by atoms with van der Waals surface area (Å²) < 4.78 is 5.59. The molecule has 1 unspecified atom stereocenters. The highest BCUT2D eigenvalue weighted by atomic mass is 35.5. The minimum atomic E-state index is -0.699. The number of carbonyl (C=O) groups excluding carboxylic acids is 3. The van der Waals surface area contributed by atoms with Crippen molar-refractivity contribution in [3.05, 3.63) is 82.9 Å². The SMILES string of the molecule is O=C(CCc1ccc(Cl)cc1)N[C@@H]1CC=CCCC(=O)OC(c2ccccc2)CNC1=O. The molecule has 2 aromatic rings. The molecule has 0 aliphatic carbocycles. The lowest BCUT2D eigenvalue weighted by Gasteiger charge is -2.22. The third-order valence-corrected chi connectivity index (χ3v) is 5.42. The van der Waals surface area contributed by atoms with Gasteiger partial charge in [0.2, 0.25) is 11.8 Å². The van der Waals surface area contributed by atoms with E-state index in [1.54, 1.807) is 12.1 Å². The zero-order valence-electron chi connectivity index (χ0n) is 17.8. The van der Waals surface area contributed by atoms with Crippen LogP contribution in [0.5, 0.6) is 0 Å². The summed E-state index contributed by atoms with van der Waals surface area (Å²) in [7, 11) is 0. The van der Waals surface area contributed by atoms with Crippen LogP contribution in [0.25, 0.3) is 0 Å². The van der Waals surface area contributed by atoms with Crippen molar-refractivity contribution in [2.24, 2.45) is 0 Å². The minimum Gasteiger partial charge on any atom is -0.456 e. The molecule has 2 amide bonds. The van der Waals surface area contributed by atoms with Crippen molar-refractivity contribution in [2.75, 3.05) is 6.54 Å². The molecular weight excluding hydrogens is 428 g/mol. The van der Waals surface area contributed by atoms with Crippen molar-refractivity contribution >= 4 is 29.4 Å². The number of aryl methyl sites for hydroxylation is 1. The molecule has 0 fully saturated rings. The Hall–Kier alpha value is -3.12. The second-order valence-corrected chi connectivity index (χ2v) is 8.06. The van der Waals surface area contributed by atoms with Crippen molar-refractivity contribution in [1.82, 2.24) is 10.6 Å². The van der Waals surface area contributed by atoms with Crippen molar-refractivity contribution in [2.45, 2.75) is 44.2 Å². The van der Waals surface area contributed by atoms with Gasteiger partial charge in [0.1, 0.15) is 12.1 Å². The summed E-state index contributed by atoms with van der Waals surface area (Å²) in [6.45, 7) is 0.134. The van der Waals surface area contributed by atoms with Crippen LogP contribution in [0, 0.1) is 0 Å². The number of amides is 2. The lowest BCUT2D eigenvalue weighted by atomic mass is 10.1. The molecule has 7 heteroatoms. The normalized spacial score (nSPS) is 19.8. The highest BCUT2D eigenvalue weighted by molar-refractivity contribution is 6.30. The van der Waals surface area contributed by atoms with Crippen molar-refractivity contribution in [3.63, 3.8) is 0 Å². The molecule has 1 heterocycles. The van der Waals surface area contributed by atoms with Gasteiger partial charge >= 0.3 is 5.97 Å². The van der Waals surface area contributed by atoms with Gasteiger partial charge in [-0.25, -0.2) is 0 Å². The standard InChI is InChI=1S/C25H27ClN2O4/c26-20-14-11-18(12-15-20)13-16-23(29)28-21-9-5-2-6-10-24(30)32-22(17-27-25(21)31)19-7-3-1-4-8-19/h1-5,7-8,11-12,14-15,21-22H,6,9-10,13,16-17H2,(H,27,31)(H,28,29)/t21-,22?/m1/s1. The molecule has 1 aliphatic heterocycles. The largest absolute Gasteiger partial charge is 0.456 e. The molecule has 2 aromatic carbocycles. The summed E-state index contributed by atoms with van der Waals surface area (Å²) in [6.07, 6.45) is 5.00. The molecule has 0 spiro atoms. The van der Waals surface area contributed by atoms with Crippen molar-refractivity contribution < 1.29 is 19.1 Å². The van der Waals surface area contributed by atoms with Gasteiger partial charge in [0.25, 0.3) is 0 Å². The third kappa shape index (κ3) is 7.54. The Balaban J connectivity index is 1.62. The number of benzene rings is 2. The molecule has 168 valence electrons. The van der Waals surface area contributed by atoms with E-state index in [1.165, 1.54) is 0 Å². The maximum absolute atomic E-state index is 12.8. The smallest absolute Gasteiger partial charge is 0.306 e. The zero-order chi connectivity index (χ0) is 22.8. The molecule has 3 rings (SSSR count). The number of halogens is 1. The van der Waals surface area contributed by atoms with E-state index in [2.05, 4.69) is 10.6 Å². The average molecular weight is 455 g/mol. The monoisotopic (exact) mass is 454 g/mol. The van der Waals surface area contributed by atoms with Crippen molar-refractivity contribution in [3.8, 4) is 0 Å². The van der Waals surface area contributed by atoms with Gasteiger partial charge < -0.3 is 15.4 Å². The Bertz CT molecular complexity index is 944. The Labute approximate surface area is 193 Å². The predicted octanol–water partition coefficient (Wildman–Crippen LogP) is 3.90. The fraction of sp³-hybridized carbons (Fsp3) is 0.320. The Morgan fingerprint density at radius 3 is 2.56 bits per heavy atom. The summed E-state index contributed by atoms with van der Waals surface area (Å²) in [6, 6.07) is 15.9. The van der Waals surface area contributed by atoms with Crippen LogP contribution in [0.4, 0.5) is 0 Å². The van der Waals surface area contributed by atoms with E-state index in [0.29, 0.717) is 24.3 Å². The fourth-order valence-electron chi connectivity index (χ4n) is 3.39. The second-order valence-electron chi connectivity index (χ2n) is 7.63. The lowest BCUT2D eigenvalue weighted by molar-refractivity contribution is -0.149. The summed E-state index contributed by atoms with van der Waals surface area (Å²) >= 11 is 5.89. The number of carbonyl (C=O) groups is 3. The van der Waals surface area contributed by atoms with Gasteiger partial charge in [0.05, 0.1) is 6.54 Å². The number of hydrogen-bond acceptors (Lipinski definition) is 4. The number of allylic oxidation sites excluding steroid dienone is 1. The number of nitrogens with one attached hydrogen (secondary N) is 2. The van der Waals surface area contributed by atoms with Crippen LogP contribution in [0.1, 0.15) is 42.9 Å². The van der Waals surface area contributed by atoms with E-state index in [-0.39, 0.29) is 37.2 Å². The molecule has 0 bridgehead atoms. The van der Waals surface area contributed by atoms with Gasteiger partial charge in [-0.2, -0.15) is 0 Å². The molecule has 32 heavy (non-hydrogen) atoms. The molecule has 2 atom stereocenters. The van der Waals surface area contributed by atoms with Gasteiger partial charge in [-0.3, -0.25) is 14.4 Å². The Morgan fingerprint density at radius 1 is 1.06 bits per heavy atom. The first kappa shape index (κ1) is 23.5. The summed E-state index contributed by atoms with van der Waals surface area (Å²) in [5.41, 5.74) is 1.80. The molecule has 2 N–H and O–H groups in total. The summed E-state index contributed by atoms with van der Waals surface area (Å²) in [5, 5.41) is 6.30. The maximum atomic E-state index is 12.8. The van der Waals surface area contributed by atoms with Crippen LogP contribution in [-0.2, 0) is 25.5 Å². The van der Waals surface area contributed by atoms with Crippen LogP contribution in [-0.4, -0.2) is 30.4 Å². The molecule has 6 nitrogen and oxygen atoms in total. The Morgan fingerprint density at radius 2 is 1.81 bits per heavy atom. The number of esters is 1. The van der Waals surface area contributed by atoms with Gasteiger partial charge in [0, 0.05) is 17.9 Å². The van der Waals surface area contributed by atoms with Gasteiger partial charge in [0.15, 0.2) is 0 Å². The van der Waals surface area contributed by atoms with E-state index >= 15 is 0 Å². The van der Waals surface area contributed by atoms with E-state index < -0.39 is 12.1 Å². The summed E-state index contributed by atoms with van der Waals surface area (Å²) in [4.78, 5) is 37.5. The minimum absolute atomic E-state index is 0.134. The predicted molar refractivity (Wildman–Crippen MR) is 123 cm³/mol. The molecule has 0 aromatic heterocycles. The molecule has 1 aliphatic rings. The number of hydrogen-bond donors (Lipinski definition) is 2. The van der Waals surface area contributed by atoms with Crippen LogP contribution in [0.15, 0.2) is 66.7 Å². The quantitative estimate of drug-likeness (QED) is 0.530. The van der Waals surface area contributed by atoms with Crippen molar-refractivity contribution in [1.29, 1.82) is 0 Å². The highest BCUT2D eigenvalue weighted by Crippen LogP contribution is 2.18. The van der Waals surface area contributed by atoms with Gasteiger partial charge in [-0.15, -0.1) is 0 Å². The number of ether oxygens (including phenoxy) is 1. The second kappa shape index (κ2) is 12.1. The van der Waals surface area contributed by atoms with Gasteiger partial charge in [-0.1, -0.05) is 66.2 Å². The van der Waals surface area contributed by atoms with Crippen LogP contribution in [0.2, 0.25) is 5.02 Å². The van der Waals surface area contributed by atoms with E-state index in [1.807, 2.05) is 54.6 Å². The molecular formula is C25H27ClN2O4. The van der Waals surface area contributed by atoms with Crippen LogP contribution in [0.3, 0.4) is 0 Å². The summed E-state index contributed by atoms with van der Waals surface area (Å²) in [5.74, 6) is -0.830. The zero-order valence-corrected chi connectivity index (χ0v) is 18.5. The van der Waals surface area contributed by atoms with E-state index in [9.17, 15) is 14.4 Å². The first-order chi connectivity index (χ1) is 15.5. The maximum Gasteiger partial charge on any atom is 0.306 e. The first-order valence-electron chi connectivity index (χ1n) is 10.7. The van der Waals surface area contributed by atoms with E-state index in [0.717, 1.165) is 11.1 Å².